The Hall–Kier alpha value is -1.38. The van der Waals surface area contributed by atoms with E-state index >= 15 is 0 Å². The Morgan fingerprint density at radius 2 is 1.93 bits per heavy atom. The Balaban J connectivity index is 2.26. The second-order valence-corrected chi connectivity index (χ2v) is 3.70. The number of carboxylic acids is 1. The molecule has 2 nitrogen and oxygen atoms in total. The highest BCUT2D eigenvalue weighted by Crippen LogP contribution is 2.42. The SMILES string of the molecule is O=C(O)[C@@H](c1ccc(F)cc1)C1CC1. The van der Waals surface area contributed by atoms with E-state index in [4.69, 9.17) is 5.11 Å². The van der Waals surface area contributed by atoms with Crippen molar-refractivity contribution in [3.05, 3.63) is 35.6 Å². The zero-order chi connectivity index (χ0) is 10.1. The van der Waals surface area contributed by atoms with Crippen LogP contribution in [0.25, 0.3) is 0 Å². The Morgan fingerprint density at radius 3 is 2.36 bits per heavy atom. The molecule has 2 rings (SSSR count). The van der Waals surface area contributed by atoms with E-state index in [1.165, 1.54) is 12.1 Å². The number of rotatable bonds is 3. The van der Waals surface area contributed by atoms with Gasteiger partial charge >= 0.3 is 5.97 Å². The number of benzene rings is 1. The van der Waals surface area contributed by atoms with Crippen LogP contribution in [0.1, 0.15) is 24.3 Å². The molecule has 0 spiro atoms. The molecule has 0 heterocycles. The van der Waals surface area contributed by atoms with Crippen molar-refractivity contribution in [3.63, 3.8) is 0 Å². The van der Waals surface area contributed by atoms with Gasteiger partial charge in [-0.3, -0.25) is 4.79 Å². The van der Waals surface area contributed by atoms with Gasteiger partial charge in [0.25, 0.3) is 0 Å². The first-order valence-electron chi connectivity index (χ1n) is 4.67. The summed E-state index contributed by atoms with van der Waals surface area (Å²) in [4.78, 5) is 11.0. The highest BCUT2D eigenvalue weighted by atomic mass is 19.1. The predicted octanol–water partition coefficient (Wildman–Crippen LogP) is 2.40. The highest BCUT2D eigenvalue weighted by Gasteiger charge is 2.37. The first-order chi connectivity index (χ1) is 6.68. The van der Waals surface area contributed by atoms with Gasteiger partial charge in [-0.05, 0) is 36.5 Å². The van der Waals surface area contributed by atoms with Crippen molar-refractivity contribution in [2.45, 2.75) is 18.8 Å². The van der Waals surface area contributed by atoms with E-state index in [1.807, 2.05) is 0 Å². The van der Waals surface area contributed by atoms with Crippen LogP contribution < -0.4 is 0 Å². The van der Waals surface area contributed by atoms with E-state index in [2.05, 4.69) is 0 Å². The minimum atomic E-state index is -0.806. The van der Waals surface area contributed by atoms with Crippen LogP contribution in [-0.2, 0) is 4.79 Å². The summed E-state index contributed by atoms with van der Waals surface area (Å²) in [5.74, 6) is -1.33. The minimum Gasteiger partial charge on any atom is -0.481 e. The van der Waals surface area contributed by atoms with Crippen LogP contribution in [0.3, 0.4) is 0 Å². The van der Waals surface area contributed by atoms with Crippen LogP contribution in [0.4, 0.5) is 4.39 Å². The van der Waals surface area contributed by atoms with Crippen LogP contribution in [-0.4, -0.2) is 11.1 Å². The molecule has 1 aliphatic carbocycles. The fourth-order valence-electron chi connectivity index (χ4n) is 1.72. The molecular weight excluding hydrogens is 183 g/mol. The molecule has 0 aliphatic heterocycles. The fraction of sp³-hybridized carbons (Fsp3) is 0.364. The third-order valence-electron chi connectivity index (χ3n) is 2.59. The summed E-state index contributed by atoms with van der Waals surface area (Å²) < 4.78 is 12.6. The quantitative estimate of drug-likeness (QED) is 0.802. The van der Waals surface area contributed by atoms with E-state index in [-0.39, 0.29) is 11.7 Å². The van der Waals surface area contributed by atoms with Gasteiger partial charge < -0.3 is 5.11 Å². The van der Waals surface area contributed by atoms with Gasteiger partial charge in [-0.15, -0.1) is 0 Å². The van der Waals surface area contributed by atoms with Gasteiger partial charge in [0, 0.05) is 0 Å². The van der Waals surface area contributed by atoms with E-state index < -0.39 is 11.9 Å². The van der Waals surface area contributed by atoms with Crippen molar-refractivity contribution in [2.24, 2.45) is 5.92 Å². The van der Waals surface area contributed by atoms with E-state index in [0.717, 1.165) is 12.8 Å². The second-order valence-electron chi connectivity index (χ2n) is 3.70. The zero-order valence-electron chi connectivity index (χ0n) is 7.61. The van der Waals surface area contributed by atoms with Crippen LogP contribution >= 0.6 is 0 Å². The number of hydrogen-bond acceptors (Lipinski definition) is 1. The van der Waals surface area contributed by atoms with Gasteiger partial charge in [-0.1, -0.05) is 12.1 Å². The van der Waals surface area contributed by atoms with Crippen LogP contribution in [0.2, 0.25) is 0 Å². The smallest absolute Gasteiger partial charge is 0.311 e. The molecule has 1 atom stereocenters. The van der Waals surface area contributed by atoms with Gasteiger partial charge in [0.05, 0.1) is 5.92 Å². The minimum absolute atomic E-state index is 0.248. The van der Waals surface area contributed by atoms with Crippen LogP contribution in [0, 0.1) is 11.7 Å². The first kappa shape index (κ1) is 9.19. The summed E-state index contributed by atoms with van der Waals surface area (Å²) >= 11 is 0. The molecule has 1 N–H and O–H groups in total. The third-order valence-corrected chi connectivity index (χ3v) is 2.59. The molecule has 1 saturated carbocycles. The summed E-state index contributed by atoms with van der Waals surface area (Å²) in [6, 6.07) is 5.75. The summed E-state index contributed by atoms with van der Waals surface area (Å²) in [5, 5.41) is 9.01. The Kier molecular flexibility index (Phi) is 2.23. The zero-order valence-corrected chi connectivity index (χ0v) is 7.61. The van der Waals surface area contributed by atoms with Gasteiger partial charge in [0.15, 0.2) is 0 Å². The number of carboxylic acid groups (broad SMARTS) is 1. The number of halogens is 1. The number of aliphatic carboxylic acids is 1. The molecule has 0 bridgehead atoms. The van der Waals surface area contributed by atoms with Crippen molar-refractivity contribution in [1.29, 1.82) is 0 Å². The van der Waals surface area contributed by atoms with Crippen molar-refractivity contribution < 1.29 is 14.3 Å². The van der Waals surface area contributed by atoms with Crippen molar-refractivity contribution in [2.75, 3.05) is 0 Å². The second kappa shape index (κ2) is 3.40. The molecule has 0 aromatic heterocycles. The molecule has 0 unspecified atom stereocenters. The Labute approximate surface area is 81.4 Å². The number of carbonyl (C=O) groups is 1. The lowest BCUT2D eigenvalue weighted by Crippen LogP contribution is -2.13. The lowest BCUT2D eigenvalue weighted by atomic mass is 9.94. The fourth-order valence-corrected chi connectivity index (χ4v) is 1.72. The van der Waals surface area contributed by atoms with Gasteiger partial charge in [0.2, 0.25) is 0 Å². The molecular formula is C11H11FO2. The van der Waals surface area contributed by atoms with Crippen LogP contribution in [0.15, 0.2) is 24.3 Å². The van der Waals surface area contributed by atoms with E-state index in [1.54, 1.807) is 12.1 Å². The molecule has 1 aliphatic rings. The molecule has 74 valence electrons. The third kappa shape index (κ3) is 1.76. The number of hydrogen-bond donors (Lipinski definition) is 1. The lowest BCUT2D eigenvalue weighted by molar-refractivity contribution is -0.139. The largest absolute Gasteiger partial charge is 0.481 e. The normalized spacial score (nSPS) is 17.8. The Morgan fingerprint density at radius 1 is 1.36 bits per heavy atom. The Bertz CT molecular complexity index is 341. The van der Waals surface area contributed by atoms with Gasteiger partial charge in [-0.25, -0.2) is 4.39 Å². The molecule has 3 heteroatoms. The summed E-state index contributed by atoms with van der Waals surface area (Å²) in [6.45, 7) is 0. The molecule has 0 radical (unpaired) electrons. The van der Waals surface area contributed by atoms with E-state index in [0.29, 0.717) is 5.56 Å². The molecule has 1 aromatic carbocycles. The monoisotopic (exact) mass is 194 g/mol. The molecule has 1 fully saturated rings. The summed E-state index contributed by atoms with van der Waals surface area (Å²) in [6.07, 6.45) is 1.93. The topological polar surface area (TPSA) is 37.3 Å². The van der Waals surface area contributed by atoms with Crippen LogP contribution in [0.5, 0.6) is 0 Å². The lowest BCUT2D eigenvalue weighted by Gasteiger charge is -2.10. The molecule has 14 heavy (non-hydrogen) atoms. The maximum Gasteiger partial charge on any atom is 0.311 e. The summed E-state index contributed by atoms with van der Waals surface area (Å²) in [5.41, 5.74) is 0.710. The maximum absolute atomic E-state index is 12.6. The molecule has 0 saturated heterocycles. The van der Waals surface area contributed by atoms with Gasteiger partial charge in [0.1, 0.15) is 5.82 Å². The molecule has 1 aromatic rings. The average molecular weight is 194 g/mol. The van der Waals surface area contributed by atoms with Crippen molar-refractivity contribution >= 4 is 5.97 Å². The van der Waals surface area contributed by atoms with E-state index in [9.17, 15) is 9.18 Å². The highest BCUT2D eigenvalue weighted by molar-refractivity contribution is 5.77. The van der Waals surface area contributed by atoms with Crippen molar-refractivity contribution in [3.8, 4) is 0 Å². The summed E-state index contributed by atoms with van der Waals surface area (Å²) in [7, 11) is 0. The first-order valence-corrected chi connectivity index (χ1v) is 4.67. The maximum atomic E-state index is 12.6. The standard InChI is InChI=1S/C11H11FO2/c12-9-5-3-8(4-6-9)10(11(13)14)7-1-2-7/h3-7,10H,1-2H2,(H,13,14)/t10-/m1/s1. The average Bonchev–Trinajstić information content (AvgIpc) is 2.92. The van der Waals surface area contributed by atoms with Gasteiger partial charge in [-0.2, -0.15) is 0 Å². The van der Waals surface area contributed by atoms with Crippen molar-refractivity contribution in [1.82, 2.24) is 0 Å². The predicted molar refractivity (Wildman–Crippen MR) is 49.5 cm³/mol. The molecule has 0 amide bonds.